The quantitative estimate of drug-likeness (QED) is 0.735. The Kier molecular flexibility index (Phi) is 5.13. The lowest BCUT2D eigenvalue weighted by molar-refractivity contribution is 0.243. The first-order valence-corrected chi connectivity index (χ1v) is 8.31. The molecule has 6 nitrogen and oxygen atoms in total. The van der Waals surface area contributed by atoms with Crippen molar-refractivity contribution in [3.05, 3.63) is 47.2 Å². The van der Waals surface area contributed by atoms with Crippen molar-refractivity contribution < 1.29 is 9.26 Å². The number of ether oxygens (including phenoxy) is 1. The van der Waals surface area contributed by atoms with Crippen molar-refractivity contribution in [1.29, 1.82) is 0 Å². The molecule has 2 aromatic heterocycles. The highest BCUT2D eigenvalue weighted by Gasteiger charge is 2.35. The van der Waals surface area contributed by atoms with Gasteiger partial charge in [-0.15, -0.1) is 12.4 Å². The lowest BCUT2D eigenvalue weighted by atomic mass is 9.99. The number of fused-ring (bicyclic) bond motifs is 1. The minimum atomic E-state index is -0.462. The number of hydrogen-bond acceptors (Lipinski definition) is 6. The van der Waals surface area contributed by atoms with E-state index in [1.165, 1.54) is 0 Å². The standard InChI is InChI=1S/C17H17ClN4O2.ClH/c18-12-5-6-13(15-11(12)4-3-9-20-15)23-10-14-21-16(22-24-14)17(19)7-1-2-8-17;/h3-6,9H,1-2,7-8,10,19H2;1H. The molecule has 0 aliphatic heterocycles. The highest BCUT2D eigenvalue weighted by molar-refractivity contribution is 6.35. The highest BCUT2D eigenvalue weighted by atomic mass is 35.5. The van der Waals surface area contributed by atoms with E-state index >= 15 is 0 Å². The molecular weight excluding hydrogens is 363 g/mol. The largest absolute Gasteiger partial charge is 0.481 e. The number of benzene rings is 1. The van der Waals surface area contributed by atoms with Crippen LogP contribution in [0.3, 0.4) is 0 Å². The van der Waals surface area contributed by atoms with Gasteiger partial charge in [0.25, 0.3) is 5.89 Å². The molecule has 1 aromatic carbocycles. The van der Waals surface area contributed by atoms with Crippen LogP contribution in [-0.2, 0) is 12.1 Å². The summed E-state index contributed by atoms with van der Waals surface area (Å²) in [5.41, 5.74) is 6.58. The van der Waals surface area contributed by atoms with E-state index in [4.69, 9.17) is 26.6 Å². The van der Waals surface area contributed by atoms with Gasteiger partial charge >= 0.3 is 0 Å². The molecule has 2 N–H and O–H groups in total. The zero-order chi connectivity index (χ0) is 16.6. The molecule has 25 heavy (non-hydrogen) atoms. The zero-order valence-corrected chi connectivity index (χ0v) is 15.0. The SMILES string of the molecule is Cl.NC1(c2noc(COc3ccc(Cl)c4cccnc34)n2)CCCC1. The van der Waals surface area contributed by atoms with Gasteiger partial charge < -0.3 is 15.0 Å². The number of rotatable bonds is 4. The minimum Gasteiger partial charge on any atom is -0.481 e. The molecule has 2 heterocycles. The topological polar surface area (TPSA) is 87.1 Å². The Morgan fingerprint density at radius 1 is 1.24 bits per heavy atom. The third-order valence-corrected chi connectivity index (χ3v) is 4.77. The summed E-state index contributed by atoms with van der Waals surface area (Å²) in [7, 11) is 0. The number of pyridine rings is 1. The summed E-state index contributed by atoms with van der Waals surface area (Å²) in [4.78, 5) is 8.74. The van der Waals surface area contributed by atoms with Gasteiger partial charge in [0.05, 0.1) is 10.6 Å². The summed E-state index contributed by atoms with van der Waals surface area (Å²) < 4.78 is 11.1. The maximum atomic E-state index is 6.34. The summed E-state index contributed by atoms with van der Waals surface area (Å²) in [5, 5.41) is 5.51. The molecular formula is C17H18Cl2N4O2. The Balaban J connectivity index is 0.00000182. The first kappa shape index (κ1) is 17.9. The predicted molar refractivity (Wildman–Crippen MR) is 97.0 cm³/mol. The average molecular weight is 381 g/mol. The maximum absolute atomic E-state index is 6.34. The van der Waals surface area contributed by atoms with E-state index in [1.54, 1.807) is 18.3 Å². The number of nitrogens with zero attached hydrogens (tertiary/aromatic N) is 3. The first-order chi connectivity index (χ1) is 11.7. The highest BCUT2D eigenvalue weighted by Crippen LogP contribution is 2.35. The van der Waals surface area contributed by atoms with Crippen molar-refractivity contribution in [3.63, 3.8) is 0 Å². The molecule has 132 valence electrons. The Morgan fingerprint density at radius 2 is 2.04 bits per heavy atom. The Bertz CT molecular complexity index is 878. The van der Waals surface area contributed by atoms with E-state index in [9.17, 15) is 0 Å². The fourth-order valence-electron chi connectivity index (χ4n) is 3.11. The van der Waals surface area contributed by atoms with Gasteiger partial charge in [-0.2, -0.15) is 4.98 Å². The summed E-state index contributed by atoms with van der Waals surface area (Å²) in [6, 6.07) is 7.31. The molecule has 0 bridgehead atoms. The molecule has 4 rings (SSSR count). The van der Waals surface area contributed by atoms with Crippen molar-refractivity contribution >= 4 is 34.9 Å². The molecule has 1 aliphatic rings. The summed E-state index contributed by atoms with van der Waals surface area (Å²) in [6.07, 6.45) is 5.67. The lowest BCUT2D eigenvalue weighted by Gasteiger charge is -2.17. The van der Waals surface area contributed by atoms with Crippen LogP contribution in [0, 0.1) is 0 Å². The van der Waals surface area contributed by atoms with Gasteiger partial charge in [0.1, 0.15) is 11.3 Å². The van der Waals surface area contributed by atoms with Crippen LogP contribution >= 0.6 is 24.0 Å². The van der Waals surface area contributed by atoms with Crippen molar-refractivity contribution in [2.24, 2.45) is 5.73 Å². The van der Waals surface area contributed by atoms with Gasteiger partial charge in [0.2, 0.25) is 0 Å². The van der Waals surface area contributed by atoms with Crippen LogP contribution in [0.5, 0.6) is 5.75 Å². The van der Waals surface area contributed by atoms with Crippen LogP contribution in [-0.4, -0.2) is 15.1 Å². The van der Waals surface area contributed by atoms with E-state index in [1.807, 2.05) is 12.1 Å². The van der Waals surface area contributed by atoms with Crippen molar-refractivity contribution in [1.82, 2.24) is 15.1 Å². The third kappa shape index (κ3) is 3.42. The van der Waals surface area contributed by atoms with Crippen LogP contribution in [0.2, 0.25) is 5.02 Å². The van der Waals surface area contributed by atoms with E-state index in [0.717, 1.165) is 31.1 Å². The van der Waals surface area contributed by atoms with Gasteiger partial charge in [0.15, 0.2) is 12.4 Å². The molecule has 0 atom stereocenters. The second-order valence-electron chi connectivity index (χ2n) is 6.11. The maximum Gasteiger partial charge on any atom is 0.264 e. The van der Waals surface area contributed by atoms with E-state index in [0.29, 0.717) is 28.0 Å². The fraction of sp³-hybridized carbons (Fsp3) is 0.353. The van der Waals surface area contributed by atoms with Crippen LogP contribution in [0.1, 0.15) is 37.4 Å². The van der Waals surface area contributed by atoms with Gasteiger partial charge in [-0.1, -0.05) is 29.6 Å². The van der Waals surface area contributed by atoms with E-state index in [-0.39, 0.29) is 19.0 Å². The molecule has 1 aliphatic carbocycles. The molecule has 0 saturated heterocycles. The third-order valence-electron chi connectivity index (χ3n) is 4.44. The smallest absolute Gasteiger partial charge is 0.264 e. The van der Waals surface area contributed by atoms with Crippen LogP contribution in [0.4, 0.5) is 0 Å². The molecule has 0 unspecified atom stereocenters. The molecule has 1 fully saturated rings. The van der Waals surface area contributed by atoms with Gasteiger partial charge in [0, 0.05) is 11.6 Å². The lowest BCUT2D eigenvalue weighted by Crippen LogP contribution is -2.34. The summed E-state index contributed by atoms with van der Waals surface area (Å²) in [6.45, 7) is 0.163. The molecule has 3 aromatic rings. The summed E-state index contributed by atoms with van der Waals surface area (Å²) in [5.74, 6) is 1.59. The Morgan fingerprint density at radius 3 is 2.84 bits per heavy atom. The fourth-order valence-corrected chi connectivity index (χ4v) is 3.33. The van der Waals surface area contributed by atoms with E-state index in [2.05, 4.69) is 15.1 Å². The Hall–Kier alpha value is -1.89. The van der Waals surface area contributed by atoms with Crippen LogP contribution in [0.25, 0.3) is 10.9 Å². The number of nitrogens with two attached hydrogens (primary N) is 1. The zero-order valence-electron chi connectivity index (χ0n) is 13.4. The number of aromatic nitrogens is 3. The van der Waals surface area contributed by atoms with E-state index < -0.39 is 5.54 Å². The summed E-state index contributed by atoms with van der Waals surface area (Å²) >= 11 is 6.19. The molecule has 0 amide bonds. The van der Waals surface area contributed by atoms with Gasteiger partial charge in [-0.3, -0.25) is 4.98 Å². The van der Waals surface area contributed by atoms with Crippen molar-refractivity contribution in [2.75, 3.05) is 0 Å². The first-order valence-electron chi connectivity index (χ1n) is 7.94. The average Bonchev–Trinajstić information content (AvgIpc) is 3.25. The molecule has 0 spiro atoms. The van der Waals surface area contributed by atoms with Gasteiger partial charge in [-0.25, -0.2) is 0 Å². The molecule has 8 heteroatoms. The molecule has 0 radical (unpaired) electrons. The second-order valence-corrected chi connectivity index (χ2v) is 6.52. The number of halogens is 2. The predicted octanol–water partition coefficient (Wildman–Crippen LogP) is 4.00. The second kappa shape index (κ2) is 7.15. The van der Waals surface area contributed by atoms with Crippen molar-refractivity contribution in [2.45, 2.75) is 37.8 Å². The Labute approximate surface area is 156 Å². The minimum absolute atomic E-state index is 0. The normalized spacial score (nSPS) is 15.9. The van der Waals surface area contributed by atoms with Crippen LogP contribution < -0.4 is 10.5 Å². The number of hydrogen-bond donors (Lipinski definition) is 1. The van der Waals surface area contributed by atoms with Gasteiger partial charge in [-0.05, 0) is 37.1 Å². The van der Waals surface area contributed by atoms with Crippen LogP contribution in [0.15, 0.2) is 35.0 Å². The molecule has 1 saturated carbocycles. The van der Waals surface area contributed by atoms with Crippen molar-refractivity contribution in [3.8, 4) is 5.75 Å². The monoisotopic (exact) mass is 380 g/mol.